The molecule has 1 aliphatic heterocycles. The van der Waals surface area contributed by atoms with E-state index < -0.39 is 12.0 Å². The molecule has 0 unspecified atom stereocenters. The van der Waals surface area contributed by atoms with Gasteiger partial charge in [-0.3, -0.25) is 9.69 Å². The normalized spacial score (nSPS) is 17.0. The molecule has 3 aromatic carbocycles. The summed E-state index contributed by atoms with van der Waals surface area (Å²) < 4.78 is 17.3. The number of ether oxygens (including phenoxy) is 2. The zero-order valence-corrected chi connectivity index (χ0v) is 21.7. The molecule has 7 heteroatoms. The van der Waals surface area contributed by atoms with Crippen molar-refractivity contribution in [3.63, 3.8) is 0 Å². The predicted molar refractivity (Wildman–Crippen MR) is 150 cm³/mol. The highest BCUT2D eigenvalue weighted by Crippen LogP contribution is 2.38. The van der Waals surface area contributed by atoms with Gasteiger partial charge in [0.05, 0.1) is 12.3 Å². The molecule has 0 bridgehead atoms. The zero-order chi connectivity index (χ0) is 26.5. The number of likely N-dealkylation sites (tertiary alicyclic amines) is 1. The van der Waals surface area contributed by atoms with E-state index in [2.05, 4.69) is 9.88 Å². The van der Waals surface area contributed by atoms with Crippen molar-refractivity contribution in [2.75, 3.05) is 6.61 Å². The van der Waals surface area contributed by atoms with Gasteiger partial charge in [-0.25, -0.2) is 4.98 Å². The van der Waals surface area contributed by atoms with Gasteiger partial charge in [0.1, 0.15) is 29.1 Å². The number of para-hydroxylation sites is 1. The Hall–Kier alpha value is -4.10. The molecule has 204 valence electrons. The van der Waals surface area contributed by atoms with Crippen molar-refractivity contribution in [2.24, 2.45) is 0 Å². The first-order valence-electron chi connectivity index (χ1n) is 12.9. The summed E-state index contributed by atoms with van der Waals surface area (Å²) in [5, 5.41) is 9.90. The van der Waals surface area contributed by atoms with Crippen molar-refractivity contribution < 1.29 is 23.8 Å². The Balaban J connectivity index is 0.00000353. The van der Waals surface area contributed by atoms with Crippen LogP contribution in [0, 0.1) is 13.8 Å². The zero-order valence-electron chi connectivity index (χ0n) is 21.7. The van der Waals surface area contributed by atoms with E-state index in [1.165, 1.54) is 0 Å². The number of aliphatic carboxylic acids is 1. The molecule has 0 saturated carbocycles. The average molecular weight is 529 g/mol. The highest BCUT2D eigenvalue weighted by atomic mass is 16.5. The molecular weight excluding hydrogens is 492 g/mol. The number of benzene rings is 3. The third-order valence-corrected chi connectivity index (χ3v) is 6.94. The van der Waals surface area contributed by atoms with E-state index in [9.17, 15) is 9.90 Å². The maximum Gasteiger partial charge on any atom is 0.320 e. The fourth-order valence-electron chi connectivity index (χ4n) is 5.06. The van der Waals surface area contributed by atoms with Crippen LogP contribution in [0.25, 0.3) is 0 Å². The van der Waals surface area contributed by atoms with Gasteiger partial charge >= 0.3 is 5.97 Å². The van der Waals surface area contributed by atoms with Crippen molar-refractivity contribution >= 4 is 5.97 Å². The van der Waals surface area contributed by atoms with Gasteiger partial charge in [-0.05, 0) is 67.3 Å². The first kappa shape index (κ1) is 27.9. The van der Waals surface area contributed by atoms with Crippen LogP contribution in [-0.4, -0.2) is 33.6 Å². The molecule has 1 aromatic heterocycles. The molecule has 0 amide bonds. The van der Waals surface area contributed by atoms with Crippen LogP contribution in [0.2, 0.25) is 0 Å². The van der Waals surface area contributed by atoms with Crippen molar-refractivity contribution in [1.29, 1.82) is 0 Å². The van der Waals surface area contributed by atoms with Crippen molar-refractivity contribution in [3.05, 3.63) is 107 Å². The summed E-state index contributed by atoms with van der Waals surface area (Å²) in [6.45, 7) is 4.80. The highest BCUT2D eigenvalue weighted by molar-refractivity contribution is 5.74. The van der Waals surface area contributed by atoms with Gasteiger partial charge in [-0.2, -0.15) is 0 Å². The number of carbonyl (C=O) groups is 1. The largest absolute Gasteiger partial charge is 0.493 e. The third kappa shape index (κ3) is 6.86. The molecule has 5 rings (SSSR count). The lowest BCUT2D eigenvalue weighted by Crippen LogP contribution is -2.36. The fraction of sp³-hybridized carbons (Fsp3) is 0.312. The van der Waals surface area contributed by atoms with E-state index in [0.717, 1.165) is 46.3 Å². The number of carboxylic acid groups (broad SMARTS) is 1. The van der Waals surface area contributed by atoms with E-state index in [1.807, 2.05) is 92.7 Å². The van der Waals surface area contributed by atoms with E-state index >= 15 is 0 Å². The number of hydrogen-bond acceptors (Lipinski definition) is 6. The van der Waals surface area contributed by atoms with Crippen LogP contribution in [0.4, 0.5) is 0 Å². The Labute approximate surface area is 230 Å². The molecular formula is C32H36N2O5. The molecule has 7 nitrogen and oxygen atoms in total. The number of nitrogens with zero attached hydrogens (tertiary/aromatic N) is 2. The first-order valence-corrected chi connectivity index (χ1v) is 12.9. The molecule has 2 atom stereocenters. The van der Waals surface area contributed by atoms with Crippen LogP contribution in [-0.2, 0) is 17.8 Å². The second-order valence-electron chi connectivity index (χ2n) is 9.58. The minimum absolute atomic E-state index is 0. The van der Waals surface area contributed by atoms with Gasteiger partial charge in [0, 0.05) is 25.9 Å². The maximum atomic E-state index is 12.1. The Morgan fingerprint density at radius 1 is 0.949 bits per heavy atom. The number of carboxylic acids is 1. The minimum Gasteiger partial charge on any atom is -0.493 e. The average Bonchev–Trinajstić information content (AvgIpc) is 3.48. The number of hydrogen-bond donors (Lipinski definition) is 1. The van der Waals surface area contributed by atoms with Gasteiger partial charge in [0.25, 0.3) is 0 Å². The van der Waals surface area contributed by atoms with Gasteiger partial charge in [-0.1, -0.05) is 49.9 Å². The van der Waals surface area contributed by atoms with Crippen LogP contribution >= 0.6 is 0 Å². The highest BCUT2D eigenvalue weighted by Gasteiger charge is 2.38. The molecule has 4 aromatic rings. The number of aryl methyl sites for hydroxylation is 2. The number of oxazole rings is 1. The third-order valence-electron chi connectivity index (χ3n) is 6.94. The number of aromatic nitrogens is 1. The maximum absolute atomic E-state index is 12.1. The lowest BCUT2D eigenvalue weighted by molar-refractivity contribution is -0.142. The quantitative estimate of drug-likeness (QED) is 0.234. The first-order chi connectivity index (χ1) is 18.5. The van der Waals surface area contributed by atoms with Gasteiger partial charge in [-0.15, -0.1) is 0 Å². The molecule has 39 heavy (non-hydrogen) atoms. The summed E-state index contributed by atoms with van der Waals surface area (Å²) in [4.78, 5) is 18.5. The summed E-state index contributed by atoms with van der Waals surface area (Å²) in [5.41, 5.74) is 3.05. The molecule has 2 heterocycles. The lowest BCUT2D eigenvalue weighted by atomic mass is 10.0. The van der Waals surface area contributed by atoms with E-state index in [4.69, 9.17) is 13.9 Å². The molecule has 1 saturated heterocycles. The topological polar surface area (TPSA) is 85.0 Å². The molecule has 1 fully saturated rings. The van der Waals surface area contributed by atoms with E-state index in [0.29, 0.717) is 31.9 Å². The minimum atomic E-state index is -0.783. The summed E-state index contributed by atoms with van der Waals surface area (Å²) >= 11 is 0. The smallest absolute Gasteiger partial charge is 0.320 e. The summed E-state index contributed by atoms with van der Waals surface area (Å²) in [7, 11) is 0. The second kappa shape index (κ2) is 12.6. The second-order valence-corrected chi connectivity index (χ2v) is 9.58. The van der Waals surface area contributed by atoms with Crippen LogP contribution in [0.5, 0.6) is 17.2 Å². The Morgan fingerprint density at radius 2 is 1.62 bits per heavy atom. The summed E-state index contributed by atoms with van der Waals surface area (Å²) in [6, 6.07) is 25.0. The predicted octanol–water partition coefficient (Wildman–Crippen LogP) is 7.13. The summed E-state index contributed by atoms with van der Waals surface area (Å²) in [6.07, 6.45) is 2.08. The van der Waals surface area contributed by atoms with Gasteiger partial charge < -0.3 is 19.0 Å². The van der Waals surface area contributed by atoms with Gasteiger partial charge in [0.15, 0.2) is 5.89 Å². The SMILES string of the molecule is C.Cc1nc(CCOc2ccc([C@H]3CC[C@H](C(=O)O)N3Cc3ccc(Oc4ccccc4)cc3)cc2)c(C)o1. The standard InChI is InChI=1S/C31H32N2O5.CH4/c1-21-28(32-22(2)37-21)18-19-36-25-14-10-24(11-15-25)29-16-17-30(31(34)35)33(29)20-23-8-12-27(13-9-23)38-26-6-4-3-5-7-26;/h3-15,29-30H,16-20H2,1-2H3,(H,34,35);1H4/t29-,30-;/m1./s1. The van der Waals surface area contributed by atoms with Crippen molar-refractivity contribution in [2.45, 2.75) is 59.2 Å². The van der Waals surface area contributed by atoms with Crippen LogP contribution in [0.3, 0.4) is 0 Å². The fourth-order valence-corrected chi connectivity index (χ4v) is 5.06. The molecule has 0 aliphatic carbocycles. The molecule has 1 N–H and O–H groups in total. The van der Waals surface area contributed by atoms with E-state index in [1.54, 1.807) is 0 Å². The van der Waals surface area contributed by atoms with Crippen LogP contribution in [0.15, 0.2) is 83.3 Å². The Morgan fingerprint density at radius 3 is 2.26 bits per heavy atom. The molecule has 0 radical (unpaired) electrons. The van der Waals surface area contributed by atoms with Crippen molar-refractivity contribution in [3.8, 4) is 17.2 Å². The van der Waals surface area contributed by atoms with Crippen LogP contribution in [0.1, 0.15) is 54.8 Å². The number of rotatable bonds is 10. The Bertz CT molecular complexity index is 1350. The van der Waals surface area contributed by atoms with Crippen molar-refractivity contribution in [1.82, 2.24) is 9.88 Å². The molecule has 1 aliphatic rings. The monoisotopic (exact) mass is 528 g/mol. The Kier molecular flexibility index (Phi) is 9.04. The van der Waals surface area contributed by atoms with Crippen LogP contribution < -0.4 is 9.47 Å². The lowest BCUT2D eigenvalue weighted by Gasteiger charge is -2.28. The molecule has 0 spiro atoms. The van der Waals surface area contributed by atoms with Gasteiger partial charge in [0.2, 0.25) is 0 Å². The summed E-state index contributed by atoms with van der Waals surface area (Å²) in [5.74, 6) is 3.02. The van der Waals surface area contributed by atoms with E-state index in [-0.39, 0.29) is 13.5 Å².